The third kappa shape index (κ3) is 5.87. The van der Waals surface area contributed by atoms with Gasteiger partial charge >= 0.3 is 12.2 Å². The van der Waals surface area contributed by atoms with Crippen LogP contribution in [0.15, 0.2) is 0 Å². The van der Waals surface area contributed by atoms with Gasteiger partial charge in [-0.3, -0.25) is 9.80 Å². The van der Waals surface area contributed by atoms with Crippen LogP contribution in [0.2, 0.25) is 0 Å². The van der Waals surface area contributed by atoms with Crippen LogP contribution in [-0.2, 0) is 9.47 Å². The van der Waals surface area contributed by atoms with Gasteiger partial charge in [0.15, 0.2) is 0 Å². The van der Waals surface area contributed by atoms with Gasteiger partial charge in [0.05, 0.1) is 24.3 Å². The molecule has 4 heterocycles. The van der Waals surface area contributed by atoms with Gasteiger partial charge in [0.1, 0.15) is 11.2 Å². The van der Waals surface area contributed by atoms with E-state index in [1.165, 1.54) is 0 Å². The number of nitrogens with zero attached hydrogens (tertiary/aromatic N) is 2. The summed E-state index contributed by atoms with van der Waals surface area (Å²) >= 11 is 0. The first-order valence-corrected chi connectivity index (χ1v) is 12.2. The number of aliphatic hydroxyl groups is 2. The summed E-state index contributed by atoms with van der Waals surface area (Å²) in [4.78, 5) is 27.6. The first kappa shape index (κ1) is 25.1. The molecule has 4 aliphatic rings. The van der Waals surface area contributed by atoms with Gasteiger partial charge in [0.25, 0.3) is 0 Å². The number of amides is 2. The summed E-state index contributed by atoms with van der Waals surface area (Å²) in [5.41, 5.74) is -0.919. The maximum atomic E-state index is 12.0. The summed E-state index contributed by atoms with van der Waals surface area (Å²) in [7, 11) is 0. The Hall–Kier alpha value is -1.54. The number of carbonyl (C=O) groups is 2. The van der Waals surface area contributed by atoms with Crippen molar-refractivity contribution in [2.75, 3.05) is 0 Å². The fourth-order valence-electron chi connectivity index (χ4n) is 5.51. The minimum Gasteiger partial charge on any atom is -0.444 e. The summed E-state index contributed by atoms with van der Waals surface area (Å²) in [6, 6.07) is 0.328. The Bertz CT molecular complexity index is 627. The van der Waals surface area contributed by atoms with Crippen molar-refractivity contribution in [3.05, 3.63) is 0 Å². The van der Waals surface area contributed by atoms with E-state index in [9.17, 15) is 19.8 Å². The van der Waals surface area contributed by atoms with Crippen LogP contribution in [-0.4, -0.2) is 79.8 Å². The number of piperidine rings is 2. The lowest BCUT2D eigenvalue weighted by atomic mass is 10.0. The highest BCUT2D eigenvalue weighted by atomic mass is 16.6. The van der Waals surface area contributed by atoms with Crippen molar-refractivity contribution in [2.24, 2.45) is 0 Å². The standard InChI is InChI=1S/2C12H21NO3/c2*1-12(2,3)16-11(15)13-8-5-4-6-9(13)10(14)7-8/h2*8-10,14H,4-7H2,1-3H3/t2*8-,9+,10+/m10/s1. The number of ether oxygens (including phenoxy) is 2. The molecule has 32 heavy (non-hydrogen) atoms. The fourth-order valence-corrected chi connectivity index (χ4v) is 5.51. The van der Waals surface area contributed by atoms with Crippen LogP contribution < -0.4 is 0 Å². The zero-order valence-electron chi connectivity index (χ0n) is 20.5. The summed E-state index contributed by atoms with van der Waals surface area (Å²) in [6.45, 7) is 11.2. The molecule has 0 unspecified atom stereocenters. The molecule has 0 spiro atoms. The van der Waals surface area contributed by atoms with Crippen molar-refractivity contribution in [3.8, 4) is 0 Å². The molecule has 4 fully saturated rings. The van der Waals surface area contributed by atoms with E-state index < -0.39 is 11.2 Å². The van der Waals surface area contributed by atoms with Crippen LogP contribution in [0, 0.1) is 0 Å². The van der Waals surface area contributed by atoms with Crippen LogP contribution in [0.3, 0.4) is 0 Å². The van der Waals surface area contributed by atoms with Crippen LogP contribution in [0.25, 0.3) is 0 Å². The Labute approximate surface area is 192 Å². The second kappa shape index (κ2) is 9.37. The summed E-state index contributed by atoms with van der Waals surface area (Å²) in [5, 5.41) is 19.7. The highest BCUT2D eigenvalue weighted by Gasteiger charge is 2.47. The molecular weight excluding hydrogens is 412 g/mol. The summed E-state index contributed by atoms with van der Waals surface area (Å²) in [6.07, 6.45) is 6.16. The van der Waals surface area contributed by atoms with Crippen LogP contribution in [0.1, 0.15) is 92.9 Å². The van der Waals surface area contributed by atoms with Gasteiger partial charge < -0.3 is 19.7 Å². The highest BCUT2D eigenvalue weighted by molar-refractivity contribution is 5.70. The van der Waals surface area contributed by atoms with Gasteiger partial charge in [0.2, 0.25) is 0 Å². The van der Waals surface area contributed by atoms with Crippen molar-refractivity contribution < 1.29 is 29.3 Å². The lowest BCUT2D eigenvalue weighted by Gasteiger charge is -2.36. The van der Waals surface area contributed by atoms with Gasteiger partial charge in [-0.1, -0.05) is 0 Å². The smallest absolute Gasteiger partial charge is 0.410 e. The van der Waals surface area contributed by atoms with E-state index in [2.05, 4.69) is 0 Å². The van der Waals surface area contributed by atoms with Gasteiger partial charge in [-0.15, -0.1) is 0 Å². The molecule has 4 bridgehead atoms. The second-order valence-corrected chi connectivity index (χ2v) is 11.7. The molecule has 0 aromatic carbocycles. The third-order valence-electron chi connectivity index (χ3n) is 6.70. The minimum atomic E-state index is -0.459. The van der Waals surface area contributed by atoms with Crippen LogP contribution in [0.5, 0.6) is 0 Å². The molecule has 2 amide bonds. The van der Waals surface area contributed by atoms with Crippen molar-refractivity contribution in [1.29, 1.82) is 0 Å². The SMILES string of the molecule is CC(C)(C)OC(=O)N1[C@@H]2CCC[C@H]1[C@@H](O)C2.CC(C)(C)OC(=O)N1[C@H]2CCC[C@@H]1[C@H](O)C2. The van der Waals surface area contributed by atoms with E-state index in [4.69, 9.17) is 9.47 Å². The largest absolute Gasteiger partial charge is 0.444 e. The molecule has 0 aromatic heterocycles. The normalized spacial score (nSPS) is 34.0. The molecule has 4 rings (SSSR count). The van der Waals surface area contributed by atoms with Crippen molar-refractivity contribution in [1.82, 2.24) is 9.80 Å². The number of fused-ring (bicyclic) bond motifs is 4. The average molecular weight is 455 g/mol. The Kier molecular flexibility index (Phi) is 7.35. The van der Waals surface area contributed by atoms with Gasteiger partial charge in [-0.25, -0.2) is 9.59 Å². The molecule has 2 N–H and O–H groups in total. The second-order valence-electron chi connectivity index (χ2n) is 11.7. The lowest BCUT2D eigenvalue weighted by molar-refractivity contribution is -0.0000973. The molecule has 8 nitrogen and oxygen atoms in total. The molecule has 4 saturated heterocycles. The Morgan fingerprint density at radius 1 is 0.688 bits per heavy atom. The van der Waals surface area contributed by atoms with Crippen LogP contribution >= 0.6 is 0 Å². The first-order chi connectivity index (χ1) is 14.8. The Morgan fingerprint density at radius 2 is 1.03 bits per heavy atom. The summed E-state index contributed by atoms with van der Waals surface area (Å²) in [5.74, 6) is 0. The van der Waals surface area contributed by atoms with Gasteiger partial charge in [-0.05, 0) is 92.9 Å². The number of rotatable bonds is 0. The van der Waals surface area contributed by atoms with Crippen LogP contribution in [0.4, 0.5) is 9.59 Å². The molecule has 0 aromatic rings. The average Bonchev–Trinajstić information content (AvgIpc) is 2.95. The van der Waals surface area contributed by atoms with Gasteiger partial charge in [-0.2, -0.15) is 0 Å². The Balaban J connectivity index is 0.000000181. The van der Waals surface area contributed by atoms with E-state index in [1.54, 1.807) is 9.80 Å². The minimum absolute atomic E-state index is 0.0198. The molecule has 0 saturated carbocycles. The topological polar surface area (TPSA) is 99.5 Å². The first-order valence-electron chi connectivity index (χ1n) is 12.2. The fraction of sp³-hybridized carbons (Fsp3) is 0.917. The molecule has 4 aliphatic heterocycles. The maximum Gasteiger partial charge on any atom is 0.410 e. The Morgan fingerprint density at radius 3 is 1.31 bits per heavy atom. The molecule has 0 radical (unpaired) electrons. The monoisotopic (exact) mass is 454 g/mol. The lowest BCUT2D eigenvalue weighted by Crippen LogP contribution is -2.48. The van der Waals surface area contributed by atoms with Gasteiger partial charge in [0, 0.05) is 12.1 Å². The van der Waals surface area contributed by atoms with E-state index >= 15 is 0 Å². The number of hydrogen-bond acceptors (Lipinski definition) is 6. The van der Waals surface area contributed by atoms with E-state index in [0.29, 0.717) is 12.8 Å². The quantitative estimate of drug-likeness (QED) is 0.577. The van der Waals surface area contributed by atoms with E-state index in [0.717, 1.165) is 38.5 Å². The number of hydrogen-bond donors (Lipinski definition) is 2. The molecule has 6 atom stereocenters. The molecule has 184 valence electrons. The highest BCUT2D eigenvalue weighted by Crippen LogP contribution is 2.37. The van der Waals surface area contributed by atoms with E-state index in [-0.39, 0.29) is 48.6 Å². The predicted molar refractivity (Wildman–Crippen MR) is 120 cm³/mol. The van der Waals surface area contributed by atoms with Crippen molar-refractivity contribution >= 4 is 12.2 Å². The third-order valence-corrected chi connectivity index (χ3v) is 6.70. The molecule has 8 heteroatoms. The zero-order chi connectivity index (χ0) is 23.8. The zero-order valence-corrected chi connectivity index (χ0v) is 20.5. The molecular formula is C24H42N2O6. The molecule has 0 aliphatic carbocycles. The van der Waals surface area contributed by atoms with E-state index in [1.807, 2.05) is 41.5 Å². The predicted octanol–water partition coefficient (Wildman–Crippen LogP) is 3.82. The number of carbonyl (C=O) groups excluding carboxylic acids is 2. The number of aliphatic hydroxyl groups excluding tert-OH is 2. The van der Waals surface area contributed by atoms with Crippen molar-refractivity contribution in [2.45, 2.75) is 140 Å². The summed E-state index contributed by atoms with van der Waals surface area (Å²) < 4.78 is 10.8. The van der Waals surface area contributed by atoms with Crippen molar-refractivity contribution in [3.63, 3.8) is 0 Å². The maximum absolute atomic E-state index is 12.0.